The van der Waals surface area contributed by atoms with Gasteiger partial charge in [0, 0.05) is 18.4 Å². The van der Waals surface area contributed by atoms with E-state index in [1.165, 1.54) is 24.8 Å². The van der Waals surface area contributed by atoms with Crippen LogP contribution in [-0.4, -0.2) is 17.6 Å². The zero-order chi connectivity index (χ0) is 13.0. The lowest BCUT2D eigenvalue weighted by Gasteiger charge is -2.35. The van der Waals surface area contributed by atoms with E-state index in [4.69, 9.17) is 0 Å². The summed E-state index contributed by atoms with van der Waals surface area (Å²) in [7, 11) is 0. The van der Waals surface area contributed by atoms with Crippen LogP contribution in [0.4, 0.5) is 0 Å². The molecule has 0 spiro atoms. The normalized spacial score (nSPS) is 28.6. The van der Waals surface area contributed by atoms with Crippen molar-refractivity contribution in [3.8, 4) is 0 Å². The van der Waals surface area contributed by atoms with Gasteiger partial charge in [0.05, 0.1) is 0 Å². The molecule has 0 amide bonds. The Morgan fingerprint density at radius 3 is 2.89 bits per heavy atom. The van der Waals surface area contributed by atoms with E-state index in [0.29, 0.717) is 12.0 Å². The van der Waals surface area contributed by atoms with Gasteiger partial charge in [-0.15, -0.1) is 0 Å². The van der Waals surface area contributed by atoms with Gasteiger partial charge >= 0.3 is 0 Å². The summed E-state index contributed by atoms with van der Waals surface area (Å²) >= 11 is 0. The first kappa shape index (κ1) is 13.5. The Hall–Kier alpha value is -0.890. The molecule has 100 valence electrons. The summed E-state index contributed by atoms with van der Waals surface area (Å²) in [4.78, 5) is 4.29. The highest BCUT2D eigenvalue weighted by molar-refractivity contribution is 5.17. The molecule has 1 N–H and O–H groups in total. The van der Waals surface area contributed by atoms with Crippen LogP contribution >= 0.6 is 0 Å². The van der Waals surface area contributed by atoms with Gasteiger partial charge in [-0.1, -0.05) is 33.3 Å². The van der Waals surface area contributed by atoms with Crippen LogP contribution in [0, 0.1) is 11.8 Å². The van der Waals surface area contributed by atoms with Crippen molar-refractivity contribution in [1.82, 2.24) is 10.3 Å². The average Bonchev–Trinajstić information content (AvgIpc) is 2.38. The molecule has 1 aromatic heterocycles. The molecule has 1 heterocycles. The maximum atomic E-state index is 4.29. The van der Waals surface area contributed by atoms with E-state index in [9.17, 15) is 0 Å². The number of nitrogens with one attached hydrogen (secondary N) is 1. The van der Waals surface area contributed by atoms with Crippen molar-refractivity contribution < 1.29 is 0 Å². The van der Waals surface area contributed by atoms with Crippen LogP contribution in [-0.2, 0) is 0 Å². The topological polar surface area (TPSA) is 24.9 Å². The number of pyridine rings is 1. The third-order valence-electron chi connectivity index (χ3n) is 4.16. The molecule has 1 saturated carbocycles. The molecule has 2 nitrogen and oxygen atoms in total. The monoisotopic (exact) mass is 246 g/mol. The summed E-state index contributed by atoms with van der Waals surface area (Å²) in [6.45, 7) is 7.98. The second-order valence-corrected chi connectivity index (χ2v) is 6.13. The fraction of sp³-hybridized carbons (Fsp3) is 0.688. The third kappa shape index (κ3) is 3.55. The highest BCUT2D eigenvalue weighted by Crippen LogP contribution is 2.39. The minimum atomic E-state index is 0.582. The fourth-order valence-corrected chi connectivity index (χ4v) is 3.08. The van der Waals surface area contributed by atoms with E-state index in [1.807, 2.05) is 6.20 Å². The lowest BCUT2D eigenvalue weighted by Crippen LogP contribution is -2.34. The van der Waals surface area contributed by atoms with Crippen molar-refractivity contribution in [1.29, 1.82) is 0 Å². The van der Waals surface area contributed by atoms with Gasteiger partial charge in [0.25, 0.3) is 0 Å². The highest BCUT2D eigenvalue weighted by atomic mass is 14.9. The number of hydrogen-bond acceptors (Lipinski definition) is 2. The first-order chi connectivity index (χ1) is 8.66. The zero-order valence-corrected chi connectivity index (χ0v) is 11.9. The van der Waals surface area contributed by atoms with E-state index < -0.39 is 0 Å². The Labute approximate surface area is 111 Å². The van der Waals surface area contributed by atoms with Crippen molar-refractivity contribution >= 4 is 0 Å². The van der Waals surface area contributed by atoms with Crippen LogP contribution in [0.5, 0.6) is 0 Å². The number of rotatable bonds is 4. The Bertz CT molecular complexity index is 347. The molecule has 3 atom stereocenters. The van der Waals surface area contributed by atoms with Crippen molar-refractivity contribution in [2.75, 3.05) is 6.54 Å². The molecule has 2 rings (SSSR count). The SMILES string of the molecule is CC1CCC(CNC(C)C)C(c2cccnc2)C1. The van der Waals surface area contributed by atoms with E-state index >= 15 is 0 Å². The van der Waals surface area contributed by atoms with Gasteiger partial charge in [-0.3, -0.25) is 4.98 Å². The van der Waals surface area contributed by atoms with Crippen LogP contribution in [0.25, 0.3) is 0 Å². The molecule has 1 aromatic rings. The molecule has 18 heavy (non-hydrogen) atoms. The van der Waals surface area contributed by atoms with Gasteiger partial charge in [-0.05, 0) is 48.8 Å². The Morgan fingerprint density at radius 2 is 2.22 bits per heavy atom. The third-order valence-corrected chi connectivity index (χ3v) is 4.16. The van der Waals surface area contributed by atoms with E-state index in [2.05, 4.69) is 49.4 Å². The molecule has 0 aromatic carbocycles. The molecule has 3 unspecified atom stereocenters. The molecular weight excluding hydrogens is 220 g/mol. The lowest BCUT2D eigenvalue weighted by atomic mass is 9.72. The van der Waals surface area contributed by atoms with E-state index in [0.717, 1.165) is 18.4 Å². The van der Waals surface area contributed by atoms with Crippen molar-refractivity contribution in [2.45, 2.75) is 52.0 Å². The summed E-state index contributed by atoms with van der Waals surface area (Å²) in [6.07, 6.45) is 7.97. The van der Waals surface area contributed by atoms with Crippen LogP contribution in [0.15, 0.2) is 24.5 Å². The molecule has 0 aliphatic heterocycles. The van der Waals surface area contributed by atoms with Crippen LogP contribution < -0.4 is 5.32 Å². The largest absolute Gasteiger partial charge is 0.314 e. The average molecular weight is 246 g/mol. The minimum absolute atomic E-state index is 0.582. The number of nitrogens with zero attached hydrogens (tertiary/aromatic N) is 1. The fourth-order valence-electron chi connectivity index (χ4n) is 3.08. The van der Waals surface area contributed by atoms with Crippen molar-refractivity contribution in [2.24, 2.45) is 11.8 Å². The summed E-state index contributed by atoms with van der Waals surface area (Å²) in [5.41, 5.74) is 1.43. The van der Waals surface area contributed by atoms with E-state index in [-0.39, 0.29) is 0 Å². The Balaban J connectivity index is 2.06. The van der Waals surface area contributed by atoms with Gasteiger partial charge in [0.1, 0.15) is 0 Å². The molecule has 0 radical (unpaired) electrons. The molecule has 0 bridgehead atoms. The first-order valence-electron chi connectivity index (χ1n) is 7.30. The summed E-state index contributed by atoms with van der Waals surface area (Å²) in [6, 6.07) is 4.90. The lowest BCUT2D eigenvalue weighted by molar-refractivity contribution is 0.238. The molecule has 0 saturated heterocycles. The van der Waals surface area contributed by atoms with Gasteiger partial charge in [-0.2, -0.15) is 0 Å². The van der Waals surface area contributed by atoms with Crippen LogP contribution in [0.2, 0.25) is 0 Å². The molecule has 1 aliphatic rings. The highest BCUT2D eigenvalue weighted by Gasteiger charge is 2.29. The summed E-state index contributed by atoms with van der Waals surface area (Å²) in [5.74, 6) is 2.31. The smallest absolute Gasteiger partial charge is 0.0302 e. The number of aromatic nitrogens is 1. The standard InChI is InChI=1S/C16H26N2/c1-12(2)18-11-15-7-6-13(3)9-16(15)14-5-4-8-17-10-14/h4-5,8,10,12-13,15-16,18H,6-7,9,11H2,1-3H3. The Morgan fingerprint density at radius 1 is 1.39 bits per heavy atom. The predicted molar refractivity (Wildman–Crippen MR) is 76.6 cm³/mol. The molecule has 1 aliphatic carbocycles. The van der Waals surface area contributed by atoms with Gasteiger partial charge in [-0.25, -0.2) is 0 Å². The quantitative estimate of drug-likeness (QED) is 0.878. The maximum Gasteiger partial charge on any atom is 0.0302 e. The predicted octanol–water partition coefficient (Wildman–Crippen LogP) is 3.60. The van der Waals surface area contributed by atoms with E-state index in [1.54, 1.807) is 0 Å². The van der Waals surface area contributed by atoms with Gasteiger partial charge in [0.2, 0.25) is 0 Å². The second-order valence-electron chi connectivity index (χ2n) is 6.13. The summed E-state index contributed by atoms with van der Waals surface area (Å²) in [5, 5.41) is 3.61. The van der Waals surface area contributed by atoms with Crippen LogP contribution in [0.3, 0.4) is 0 Å². The van der Waals surface area contributed by atoms with Gasteiger partial charge in [0.15, 0.2) is 0 Å². The Kier molecular flexibility index (Phi) is 4.76. The number of hydrogen-bond donors (Lipinski definition) is 1. The molecular formula is C16H26N2. The minimum Gasteiger partial charge on any atom is -0.314 e. The van der Waals surface area contributed by atoms with Gasteiger partial charge < -0.3 is 5.32 Å². The molecule has 2 heteroatoms. The van der Waals surface area contributed by atoms with Crippen molar-refractivity contribution in [3.05, 3.63) is 30.1 Å². The summed E-state index contributed by atoms with van der Waals surface area (Å²) < 4.78 is 0. The maximum absolute atomic E-state index is 4.29. The molecule has 1 fully saturated rings. The van der Waals surface area contributed by atoms with Crippen LogP contribution in [0.1, 0.15) is 51.5 Å². The zero-order valence-electron chi connectivity index (χ0n) is 11.9. The van der Waals surface area contributed by atoms with Crippen molar-refractivity contribution in [3.63, 3.8) is 0 Å². The second kappa shape index (κ2) is 6.33. The first-order valence-corrected chi connectivity index (χ1v) is 7.30.